The third-order valence-corrected chi connectivity index (χ3v) is 9.62. The third-order valence-electron chi connectivity index (χ3n) is 7.99. The van der Waals surface area contributed by atoms with Gasteiger partial charge in [-0.15, -0.1) is 0 Å². The molecule has 0 bridgehead atoms. The summed E-state index contributed by atoms with van der Waals surface area (Å²) in [6.07, 6.45) is 1.61. The highest BCUT2D eigenvalue weighted by Crippen LogP contribution is 2.48. The second kappa shape index (κ2) is 15.3. The Morgan fingerprint density at radius 2 is 1.70 bits per heavy atom. The van der Waals surface area contributed by atoms with Crippen LogP contribution in [0.25, 0.3) is 32.7 Å². The molecule has 2 aromatic heterocycles. The van der Waals surface area contributed by atoms with E-state index >= 15 is 0 Å². The molecule has 3 aromatic carbocycles. The maximum Gasteiger partial charge on any atom is 0.459 e. The van der Waals surface area contributed by atoms with E-state index in [1.54, 1.807) is 13.0 Å². The lowest BCUT2D eigenvalue weighted by Crippen LogP contribution is -2.36. The molecule has 47 heavy (non-hydrogen) atoms. The average Bonchev–Trinajstić information content (AvgIpc) is 3.44. The van der Waals surface area contributed by atoms with Crippen LogP contribution in [0, 0.1) is 5.92 Å². The number of unbranched alkanes of at least 4 members (excludes halogenated alkanes) is 1. The highest BCUT2D eigenvalue weighted by Gasteiger charge is 2.35. The van der Waals surface area contributed by atoms with E-state index in [-0.39, 0.29) is 25.7 Å². The van der Waals surface area contributed by atoms with E-state index in [1.165, 1.54) is 0 Å². The summed E-state index contributed by atoms with van der Waals surface area (Å²) in [5.41, 5.74) is 8.51. The van der Waals surface area contributed by atoms with Crippen LogP contribution in [0.3, 0.4) is 0 Å². The molecule has 0 radical (unpaired) electrons. The van der Waals surface area contributed by atoms with Crippen molar-refractivity contribution in [1.82, 2.24) is 19.6 Å². The average molecular weight is 662 g/mol. The van der Waals surface area contributed by atoms with E-state index in [2.05, 4.69) is 28.5 Å². The molecule has 3 N–H and O–H groups in total. The molecule has 11 nitrogen and oxygen atoms in total. The number of nitrogens with one attached hydrogen (secondary N) is 1. The summed E-state index contributed by atoms with van der Waals surface area (Å²) in [7, 11) is -4.20. The van der Waals surface area contributed by atoms with Gasteiger partial charge < -0.3 is 24.3 Å². The van der Waals surface area contributed by atoms with Gasteiger partial charge in [-0.05, 0) is 43.7 Å². The van der Waals surface area contributed by atoms with Gasteiger partial charge in [0.1, 0.15) is 29.7 Å². The molecule has 250 valence electrons. The number of carbonyl (C=O) groups excluding carboxylic acids is 1. The quantitative estimate of drug-likeness (QED) is 0.0618. The number of hydrogen-bond acceptors (Lipinski definition) is 9. The summed E-state index contributed by atoms with van der Waals surface area (Å²) in [5.74, 6) is 0.739. The van der Waals surface area contributed by atoms with E-state index in [1.807, 2.05) is 74.5 Å². The Bertz CT molecular complexity index is 1890. The summed E-state index contributed by atoms with van der Waals surface area (Å²) in [4.78, 5) is 22.3. The molecule has 5 rings (SSSR count). The molecule has 0 aliphatic rings. The lowest BCUT2D eigenvalue weighted by Gasteiger charge is -2.29. The first-order valence-electron chi connectivity index (χ1n) is 16.1. The van der Waals surface area contributed by atoms with Crippen molar-refractivity contribution in [2.24, 2.45) is 5.92 Å². The zero-order chi connectivity index (χ0) is 33.6. The lowest BCUT2D eigenvalue weighted by molar-refractivity contribution is -0.145. The van der Waals surface area contributed by atoms with Crippen LogP contribution in [-0.4, -0.2) is 46.4 Å². The summed E-state index contributed by atoms with van der Waals surface area (Å²) in [6, 6.07) is 19.5. The van der Waals surface area contributed by atoms with Gasteiger partial charge in [-0.25, -0.2) is 14.5 Å². The molecule has 0 aliphatic heterocycles. The number of nitrogen functional groups attached to an aromatic ring is 1. The predicted octanol–water partition coefficient (Wildman–Crippen LogP) is 7.58. The number of imidazole rings is 1. The van der Waals surface area contributed by atoms with Gasteiger partial charge in [-0.3, -0.25) is 9.32 Å². The van der Waals surface area contributed by atoms with E-state index in [4.69, 9.17) is 29.2 Å². The lowest BCUT2D eigenvalue weighted by atomic mass is 10.0. The molecule has 0 amide bonds. The summed E-state index contributed by atoms with van der Waals surface area (Å²) in [6.45, 7) is 10.6. The smallest absolute Gasteiger partial charge is 0.459 e. The SMILES string of the molecule is CCCCOC(=O)[C@H](C)NP(=O)(OC[C@H](C(C)C)n1c(COCC)nc2c(N)nc3ccccc3c21)Oc1cccc2ccccc12. The second-order valence-electron chi connectivity index (χ2n) is 11.8. The van der Waals surface area contributed by atoms with E-state index < -0.39 is 25.8 Å². The molecule has 1 unspecified atom stereocenters. The monoisotopic (exact) mass is 661 g/mol. The first kappa shape index (κ1) is 34.3. The molecule has 2 heterocycles. The minimum Gasteiger partial charge on any atom is -0.465 e. The zero-order valence-electron chi connectivity index (χ0n) is 27.6. The van der Waals surface area contributed by atoms with Gasteiger partial charge >= 0.3 is 13.7 Å². The number of rotatable bonds is 16. The van der Waals surface area contributed by atoms with Gasteiger partial charge in [0.25, 0.3) is 0 Å². The van der Waals surface area contributed by atoms with E-state index in [9.17, 15) is 9.36 Å². The Balaban J connectivity index is 1.55. The summed E-state index contributed by atoms with van der Waals surface area (Å²) in [5, 5.41) is 5.39. The number of pyridine rings is 1. The van der Waals surface area contributed by atoms with Crippen molar-refractivity contribution < 1.29 is 27.9 Å². The third kappa shape index (κ3) is 7.76. The number of anilines is 1. The van der Waals surface area contributed by atoms with Gasteiger partial charge in [0.2, 0.25) is 0 Å². The Hall–Kier alpha value is -4.02. The first-order valence-corrected chi connectivity index (χ1v) is 17.7. The molecular formula is C35H44N5O6P. The van der Waals surface area contributed by atoms with Crippen molar-refractivity contribution in [2.45, 2.75) is 66.2 Å². The number of esters is 1. The summed E-state index contributed by atoms with van der Waals surface area (Å²) < 4.78 is 40.5. The fourth-order valence-electron chi connectivity index (χ4n) is 5.49. The Morgan fingerprint density at radius 1 is 0.979 bits per heavy atom. The van der Waals surface area contributed by atoms with Crippen molar-refractivity contribution >= 4 is 52.2 Å². The molecule has 5 aromatic rings. The van der Waals surface area contributed by atoms with Gasteiger partial charge in [0.15, 0.2) is 5.82 Å². The molecule has 0 spiro atoms. The van der Waals surface area contributed by atoms with E-state index in [0.717, 1.165) is 40.0 Å². The standard InChI is InChI=1S/C35H44N5O6P/c1-6-8-20-44-35(41)24(5)39-47(42,46-30-19-13-15-25-14-9-10-16-26(25)30)45-21-29(23(3)4)40-31(22-43-7-2)38-32-33(40)27-17-11-12-18-28(27)37-34(32)36/h9-19,23-24,29H,6-8,20-22H2,1-5H3,(H2,36,37)(H,39,42)/t24-,29+,47?/m0/s1. The van der Waals surface area contributed by atoms with Crippen LogP contribution in [0.4, 0.5) is 5.82 Å². The van der Waals surface area contributed by atoms with Crippen molar-refractivity contribution in [3.05, 3.63) is 72.6 Å². The number of nitrogens with zero attached hydrogens (tertiary/aromatic N) is 3. The molecule has 3 atom stereocenters. The van der Waals surface area contributed by atoms with Crippen molar-refractivity contribution in [2.75, 3.05) is 25.6 Å². The number of aromatic nitrogens is 3. The number of para-hydroxylation sites is 1. The molecular weight excluding hydrogens is 617 g/mol. The van der Waals surface area contributed by atoms with Crippen molar-refractivity contribution in [1.29, 1.82) is 0 Å². The molecule has 0 fully saturated rings. The van der Waals surface area contributed by atoms with Gasteiger partial charge in [-0.2, -0.15) is 5.09 Å². The van der Waals surface area contributed by atoms with Crippen LogP contribution in [0.1, 0.15) is 59.3 Å². The predicted molar refractivity (Wildman–Crippen MR) is 185 cm³/mol. The van der Waals surface area contributed by atoms with Crippen LogP contribution in [0.2, 0.25) is 0 Å². The van der Waals surface area contributed by atoms with Crippen molar-refractivity contribution in [3.8, 4) is 5.75 Å². The number of benzene rings is 3. The van der Waals surface area contributed by atoms with E-state index in [0.29, 0.717) is 29.5 Å². The van der Waals surface area contributed by atoms with Crippen LogP contribution in [-0.2, 0) is 30.0 Å². The highest BCUT2D eigenvalue weighted by molar-refractivity contribution is 7.52. The molecule has 0 aliphatic carbocycles. The number of carbonyl (C=O) groups is 1. The minimum atomic E-state index is -4.20. The summed E-state index contributed by atoms with van der Waals surface area (Å²) >= 11 is 0. The maximum absolute atomic E-state index is 14.7. The van der Waals surface area contributed by atoms with Crippen molar-refractivity contribution in [3.63, 3.8) is 0 Å². The molecule has 0 saturated carbocycles. The number of ether oxygens (including phenoxy) is 2. The fourth-order valence-corrected chi connectivity index (χ4v) is 7.01. The maximum atomic E-state index is 14.7. The largest absolute Gasteiger partial charge is 0.465 e. The van der Waals surface area contributed by atoms with Crippen LogP contribution < -0.4 is 15.3 Å². The minimum absolute atomic E-state index is 0.0247. The first-order chi connectivity index (χ1) is 22.7. The fraction of sp³-hybridized carbons (Fsp3) is 0.400. The van der Waals surface area contributed by atoms with Crippen LogP contribution in [0.15, 0.2) is 66.7 Å². The Morgan fingerprint density at radius 3 is 2.45 bits per heavy atom. The molecule has 0 saturated heterocycles. The van der Waals surface area contributed by atoms with Crippen LogP contribution >= 0.6 is 7.75 Å². The zero-order valence-corrected chi connectivity index (χ0v) is 28.5. The van der Waals surface area contributed by atoms with Crippen LogP contribution in [0.5, 0.6) is 5.75 Å². The normalized spacial score (nSPS) is 14.4. The highest BCUT2D eigenvalue weighted by atomic mass is 31.2. The Kier molecular flexibility index (Phi) is 11.1. The topological polar surface area (TPSA) is 140 Å². The second-order valence-corrected chi connectivity index (χ2v) is 13.5. The number of nitrogens with two attached hydrogens (primary N) is 1. The molecule has 12 heteroatoms. The van der Waals surface area contributed by atoms with Gasteiger partial charge in [0.05, 0.1) is 30.3 Å². The number of hydrogen-bond donors (Lipinski definition) is 2. The number of fused-ring (bicyclic) bond motifs is 4. The van der Waals surface area contributed by atoms with Gasteiger partial charge in [-0.1, -0.05) is 81.8 Å². The Labute approximate surface area is 275 Å². The van der Waals surface area contributed by atoms with Gasteiger partial charge in [0, 0.05) is 17.4 Å².